The quantitative estimate of drug-likeness (QED) is 0.766. The maximum Gasteiger partial charge on any atom is 0.391 e. The van der Waals surface area contributed by atoms with Gasteiger partial charge in [-0.15, -0.1) is 0 Å². The lowest BCUT2D eigenvalue weighted by Crippen LogP contribution is -2.16. The Morgan fingerprint density at radius 3 is 2.72 bits per heavy atom. The van der Waals surface area contributed by atoms with E-state index in [1.54, 1.807) is 12.1 Å². The first-order valence-corrected chi connectivity index (χ1v) is 6.44. The van der Waals surface area contributed by atoms with E-state index in [1.807, 2.05) is 6.07 Å². The Hall–Kier alpha value is -0.820. The molecule has 2 nitrogen and oxygen atoms in total. The fourth-order valence-corrected chi connectivity index (χ4v) is 2.70. The van der Waals surface area contributed by atoms with Crippen LogP contribution in [0.25, 0.3) is 11.0 Å². The van der Waals surface area contributed by atoms with E-state index in [-0.39, 0.29) is 0 Å². The highest BCUT2D eigenvalue weighted by Crippen LogP contribution is 2.30. The van der Waals surface area contributed by atoms with Crippen molar-refractivity contribution < 1.29 is 13.2 Å². The summed E-state index contributed by atoms with van der Waals surface area (Å²) in [6.45, 7) is 1.51. The van der Waals surface area contributed by atoms with Crippen LogP contribution >= 0.6 is 28.1 Å². The number of nitrogens with one attached hydrogen (secondary N) is 1. The second-order valence-electron chi connectivity index (χ2n) is 4.13. The second kappa shape index (κ2) is 4.70. The largest absolute Gasteiger partial charge is 0.391 e. The molecule has 1 atom stereocenters. The van der Waals surface area contributed by atoms with Gasteiger partial charge in [-0.25, -0.2) is 0 Å². The molecule has 0 bridgehead atoms. The smallest absolute Gasteiger partial charge is 0.331 e. The molecule has 0 amide bonds. The minimum atomic E-state index is -4.20. The van der Waals surface area contributed by atoms with E-state index < -0.39 is 18.6 Å². The van der Waals surface area contributed by atoms with Crippen LogP contribution in [0.2, 0.25) is 0 Å². The van der Waals surface area contributed by atoms with Crippen LogP contribution in [0.3, 0.4) is 0 Å². The molecule has 0 spiro atoms. The Morgan fingerprint density at radius 2 is 2.11 bits per heavy atom. The van der Waals surface area contributed by atoms with Crippen LogP contribution in [-0.2, 0) is 0 Å². The monoisotopic (exact) mass is 338 g/mol. The summed E-state index contributed by atoms with van der Waals surface area (Å²) in [6.07, 6.45) is -5.11. The van der Waals surface area contributed by atoms with Gasteiger partial charge in [0.05, 0.1) is 17.5 Å². The van der Waals surface area contributed by atoms with Crippen molar-refractivity contribution in [2.45, 2.75) is 25.6 Å². The van der Waals surface area contributed by atoms with Gasteiger partial charge in [0.25, 0.3) is 0 Å². The third-order valence-electron chi connectivity index (χ3n) is 2.65. The number of fused-ring (bicyclic) bond motifs is 1. The van der Waals surface area contributed by atoms with Crippen molar-refractivity contribution in [2.24, 2.45) is 0 Å². The molecule has 0 aliphatic heterocycles. The molecule has 0 saturated carbocycles. The molecule has 98 valence electrons. The molecule has 1 heterocycles. The summed E-state index contributed by atoms with van der Waals surface area (Å²) < 4.78 is 39.9. The van der Waals surface area contributed by atoms with Crippen LogP contribution in [0.15, 0.2) is 22.7 Å². The summed E-state index contributed by atoms with van der Waals surface area (Å²) in [7, 11) is 0. The van der Waals surface area contributed by atoms with Crippen molar-refractivity contribution in [3.05, 3.63) is 27.4 Å². The SMILES string of the molecule is CC(CC(F)(F)F)n1c(=S)[nH]c2ccc(Br)cc21. The molecule has 0 aliphatic carbocycles. The van der Waals surface area contributed by atoms with E-state index in [2.05, 4.69) is 20.9 Å². The minimum absolute atomic E-state index is 0.305. The molecule has 0 saturated heterocycles. The van der Waals surface area contributed by atoms with Gasteiger partial charge in [0.1, 0.15) is 0 Å². The average Bonchev–Trinajstić information content (AvgIpc) is 2.50. The number of aromatic nitrogens is 2. The van der Waals surface area contributed by atoms with Crippen molar-refractivity contribution >= 4 is 39.2 Å². The molecule has 0 aliphatic rings. The summed E-state index contributed by atoms with van der Waals surface area (Å²) in [6, 6.07) is 4.62. The van der Waals surface area contributed by atoms with E-state index in [9.17, 15) is 13.2 Å². The van der Waals surface area contributed by atoms with E-state index in [4.69, 9.17) is 12.2 Å². The van der Waals surface area contributed by atoms with Gasteiger partial charge >= 0.3 is 6.18 Å². The summed E-state index contributed by atoms with van der Waals surface area (Å²) in [5.74, 6) is 0. The lowest BCUT2D eigenvalue weighted by atomic mass is 10.2. The molecular weight excluding hydrogens is 329 g/mol. The average molecular weight is 339 g/mol. The second-order valence-corrected chi connectivity index (χ2v) is 5.43. The zero-order chi connectivity index (χ0) is 13.5. The molecule has 1 aromatic heterocycles. The van der Waals surface area contributed by atoms with Gasteiger partial charge in [-0.1, -0.05) is 15.9 Å². The van der Waals surface area contributed by atoms with Crippen LogP contribution < -0.4 is 0 Å². The zero-order valence-electron chi connectivity index (χ0n) is 9.38. The Morgan fingerprint density at radius 1 is 1.44 bits per heavy atom. The van der Waals surface area contributed by atoms with E-state index >= 15 is 0 Å². The number of halogens is 4. The van der Waals surface area contributed by atoms with Gasteiger partial charge < -0.3 is 9.55 Å². The summed E-state index contributed by atoms with van der Waals surface area (Å²) in [4.78, 5) is 2.91. The first-order valence-electron chi connectivity index (χ1n) is 5.24. The highest BCUT2D eigenvalue weighted by atomic mass is 79.9. The van der Waals surface area contributed by atoms with Crippen molar-refractivity contribution in [1.82, 2.24) is 9.55 Å². The molecule has 2 rings (SSSR count). The normalized spacial score (nSPS) is 14.1. The first-order chi connectivity index (χ1) is 8.28. The van der Waals surface area contributed by atoms with Crippen molar-refractivity contribution in [2.75, 3.05) is 0 Å². The summed E-state index contributed by atoms with van der Waals surface area (Å²) >= 11 is 8.39. The fourth-order valence-electron chi connectivity index (χ4n) is 1.96. The Labute approximate surface area is 115 Å². The first kappa shape index (κ1) is 13.6. The Kier molecular flexibility index (Phi) is 3.55. The van der Waals surface area contributed by atoms with Gasteiger partial charge in [0.15, 0.2) is 4.77 Å². The summed E-state index contributed by atoms with van der Waals surface area (Å²) in [5, 5.41) is 0. The van der Waals surface area contributed by atoms with Gasteiger partial charge in [0.2, 0.25) is 0 Å². The van der Waals surface area contributed by atoms with Crippen molar-refractivity contribution in [3.8, 4) is 0 Å². The van der Waals surface area contributed by atoms with Crippen LogP contribution in [0.4, 0.5) is 13.2 Å². The molecule has 2 aromatic rings. The number of aromatic amines is 1. The maximum absolute atomic E-state index is 12.4. The number of imidazole rings is 1. The predicted molar refractivity (Wildman–Crippen MR) is 70.2 cm³/mol. The number of H-pyrrole nitrogens is 1. The van der Waals surface area contributed by atoms with E-state index in [0.717, 1.165) is 9.99 Å². The van der Waals surface area contributed by atoms with Gasteiger partial charge in [-0.3, -0.25) is 0 Å². The molecule has 7 heteroatoms. The van der Waals surface area contributed by atoms with Gasteiger partial charge in [-0.05, 0) is 37.3 Å². The standard InChI is InChI=1S/C11H10BrF3N2S/c1-6(5-11(13,14)15)17-9-4-7(12)2-3-8(9)16-10(17)18/h2-4,6H,5H2,1H3,(H,16,18). The van der Waals surface area contributed by atoms with E-state index in [1.165, 1.54) is 11.5 Å². The van der Waals surface area contributed by atoms with Crippen molar-refractivity contribution in [1.29, 1.82) is 0 Å². The van der Waals surface area contributed by atoms with E-state index in [0.29, 0.717) is 10.3 Å². The van der Waals surface area contributed by atoms with Crippen LogP contribution in [0.5, 0.6) is 0 Å². The maximum atomic E-state index is 12.4. The molecule has 0 radical (unpaired) electrons. The minimum Gasteiger partial charge on any atom is -0.331 e. The van der Waals surface area contributed by atoms with Crippen molar-refractivity contribution in [3.63, 3.8) is 0 Å². The third kappa shape index (κ3) is 2.77. The molecule has 1 unspecified atom stereocenters. The Bertz CT molecular complexity index is 629. The zero-order valence-corrected chi connectivity index (χ0v) is 11.8. The third-order valence-corrected chi connectivity index (χ3v) is 3.44. The Balaban J connectivity index is 2.53. The molecule has 1 aromatic carbocycles. The van der Waals surface area contributed by atoms with Gasteiger partial charge in [0, 0.05) is 10.5 Å². The molecule has 18 heavy (non-hydrogen) atoms. The van der Waals surface area contributed by atoms with Crippen LogP contribution in [0, 0.1) is 4.77 Å². The molecule has 1 N–H and O–H groups in total. The highest BCUT2D eigenvalue weighted by molar-refractivity contribution is 9.10. The molecule has 0 fully saturated rings. The lowest BCUT2D eigenvalue weighted by Gasteiger charge is -2.16. The highest BCUT2D eigenvalue weighted by Gasteiger charge is 2.31. The lowest BCUT2D eigenvalue weighted by molar-refractivity contribution is -0.141. The predicted octanol–water partition coefficient (Wildman–Crippen LogP) is 4.97. The summed E-state index contributed by atoms with van der Waals surface area (Å²) in [5.41, 5.74) is 1.41. The fraction of sp³-hybridized carbons (Fsp3) is 0.364. The van der Waals surface area contributed by atoms with Crippen LogP contribution in [-0.4, -0.2) is 15.7 Å². The number of nitrogens with zero attached hydrogens (tertiary/aromatic N) is 1. The number of benzene rings is 1. The van der Waals surface area contributed by atoms with Gasteiger partial charge in [-0.2, -0.15) is 13.2 Å². The number of hydrogen-bond donors (Lipinski definition) is 1. The number of rotatable bonds is 2. The number of hydrogen-bond acceptors (Lipinski definition) is 1. The number of alkyl halides is 3. The molecular formula is C11H10BrF3N2S. The topological polar surface area (TPSA) is 20.7 Å². The van der Waals surface area contributed by atoms with Crippen LogP contribution in [0.1, 0.15) is 19.4 Å².